The van der Waals surface area contributed by atoms with Gasteiger partial charge in [-0.2, -0.15) is 0 Å². The van der Waals surface area contributed by atoms with Crippen molar-refractivity contribution in [3.8, 4) is 11.1 Å². The predicted octanol–water partition coefficient (Wildman–Crippen LogP) is 4.97. The van der Waals surface area contributed by atoms with Crippen molar-refractivity contribution >= 4 is 23.6 Å². The molecular weight excluding hydrogens is 496 g/mol. The Bertz CT molecular complexity index is 1240. The first kappa shape index (κ1) is 28.1. The summed E-state index contributed by atoms with van der Waals surface area (Å²) in [4.78, 5) is 49.2. The Morgan fingerprint density at radius 1 is 0.974 bits per heavy atom. The van der Waals surface area contributed by atoms with Gasteiger partial charge in [0.05, 0.1) is 5.57 Å². The topological polar surface area (TPSA) is 122 Å². The van der Waals surface area contributed by atoms with E-state index in [1.165, 1.54) is 0 Å². The van der Waals surface area contributed by atoms with Crippen molar-refractivity contribution in [3.63, 3.8) is 0 Å². The van der Waals surface area contributed by atoms with Crippen molar-refractivity contribution in [2.75, 3.05) is 13.2 Å². The van der Waals surface area contributed by atoms with Gasteiger partial charge in [-0.1, -0.05) is 62.4 Å². The minimum Gasteiger partial charge on any atom is -0.480 e. The lowest BCUT2D eigenvalue weighted by molar-refractivity contribution is -0.139. The molecule has 0 unspecified atom stereocenters. The molecule has 0 radical (unpaired) electrons. The lowest BCUT2D eigenvalue weighted by Gasteiger charge is -2.30. The largest absolute Gasteiger partial charge is 0.480 e. The highest BCUT2D eigenvalue weighted by molar-refractivity contribution is 6.22. The number of Topliss-reactive ketones (excluding diaryl/α,β-unsaturated/α-hetero) is 2. The minimum absolute atomic E-state index is 0.0168. The number of nitrogens with one attached hydrogen (secondary N) is 2. The van der Waals surface area contributed by atoms with Crippen LogP contribution in [0.25, 0.3) is 11.1 Å². The van der Waals surface area contributed by atoms with E-state index >= 15 is 0 Å². The molecule has 4 rings (SSSR count). The standard InChI is InChI=1S/C31H36N2O6/c1-19(28-26(34)16-31(2,3)17-27(28)35)33-25(29(36)37)14-8-9-15-32-30(38)39-18-24-22-12-6-4-10-20(22)21-11-5-7-13-23(21)24/h4-7,10-13,24-25,33H,8-9,14-18H2,1-3H3,(H,32,38)(H,36,37)/t25-/m0/s1. The first-order valence-electron chi connectivity index (χ1n) is 13.4. The van der Waals surface area contributed by atoms with Crippen LogP contribution in [0.5, 0.6) is 0 Å². The fourth-order valence-corrected chi connectivity index (χ4v) is 5.59. The number of hydrogen-bond donors (Lipinski definition) is 3. The van der Waals surface area contributed by atoms with Crippen LogP contribution < -0.4 is 10.6 Å². The number of ether oxygens (including phenoxy) is 1. The second kappa shape index (κ2) is 11.8. The van der Waals surface area contributed by atoms with Crippen LogP contribution in [-0.2, 0) is 19.1 Å². The number of carboxylic acids is 1. The smallest absolute Gasteiger partial charge is 0.407 e. The van der Waals surface area contributed by atoms with Gasteiger partial charge < -0.3 is 20.5 Å². The van der Waals surface area contributed by atoms with Gasteiger partial charge in [-0.25, -0.2) is 9.59 Å². The molecule has 0 heterocycles. The Morgan fingerprint density at radius 2 is 1.54 bits per heavy atom. The second-order valence-electron chi connectivity index (χ2n) is 11.1. The van der Waals surface area contributed by atoms with Crippen molar-refractivity contribution in [2.24, 2.45) is 5.41 Å². The Hall–Kier alpha value is -3.94. The number of amides is 1. The zero-order valence-corrected chi connectivity index (χ0v) is 22.7. The third kappa shape index (κ3) is 6.56. The maximum absolute atomic E-state index is 12.5. The summed E-state index contributed by atoms with van der Waals surface area (Å²) in [7, 11) is 0. The molecule has 8 heteroatoms. The zero-order chi connectivity index (χ0) is 28.2. The Kier molecular flexibility index (Phi) is 8.53. The molecule has 0 spiro atoms. The van der Waals surface area contributed by atoms with Crippen molar-refractivity contribution in [2.45, 2.75) is 64.8 Å². The fourth-order valence-electron chi connectivity index (χ4n) is 5.59. The number of carboxylic acid groups (broad SMARTS) is 1. The second-order valence-corrected chi connectivity index (χ2v) is 11.1. The highest BCUT2D eigenvalue weighted by Crippen LogP contribution is 2.44. The van der Waals surface area contributed by atoms with E-state index in [1.54, 1.807) is 6.92 Å². The average molecular weight is 533 g/mol. The van der Waals surface area contributed by atoms with E-state index < -0.39 is 18.1 Å². The predicted molar refractivity (Wildman–Crippen MR) is 147 cm³/mol. The van der Waals surface area contributed by atoms with Crippen molar-refractivity contribution in [1.82, 2.24) is 10.6 Å². The van der Waals surface area contributed by atoms with Gasteiger partial charge in [-0.05, 0) is 53.9 Å². The summed E-state index contributed by atoms with van der Waals surface area (Å²) in [5.74, 6) is -1.58. The fraction of sp³-hybridized carbons (Fsp3) is 0.419. The molecule has 2 aromatic carbocycles. The quantitative estimate of drug-likeness (QED) is 0.224. The average Bonchev–Trinajstić information content (AvgIpc) is 3.19. The number of unbranched alkanes of at least 4 members (excludes halogenated alkanes) is 1. The summed E-state index contributed by atoms with van der Waals surface area (Å²) in [6.07, 6.45) is 1.35. The third-order valence-corrected chi connectivity index (χ3v) is 7.43. The van der Waals surface area contributed by atoms with Gasteiger partial charge in [0.25, 0.3) is 0 Å². The van der Waals surface area contributed by atoms with Crippen LogP contribution in [0.3, 0.4) is 0 Å². The number of benzene rings is 2. The molecule has 206 valence electrons. The van der Waals surface area contributed by atoms with Crippen LogP contribution in [0.4, 0.5) is 4.79 Å². The van der Waals surface area contributed by atoms with Gasteiger partial charge in [0.1, 0.15) is 12.6 Å². The molecule has 2 aliphatic rings. The number of aliphatic carboxylic acids is 1. The number of alkyl carbamates (subject to hydrolysis) is 1. The molecule has 2 aliphatic carbocycles. The van der Waals surface area contributed by atoms with Gasteiger partial charge in [0, 0.05) is 31.0 Å². The lowest BCUT2D eigenvalue weighted by atomic mass is 9.73. The summed E-state index contributed by atoms with van der Waals surface area (Å²) in [5.41, 5.74) is 4.62. The molecule has 8 nitrogen and oxygen atoms in total. The van der Waals surface area contributed by atoms with Gasteiger partial charge in [0.15, 0.2) is 11.6 Å². The van der Waals surface area contributed by atoms with Crippen molar-refractivity contribution in [1.29, 1.82) is 0 Å². The Balaban J connectivity index is 1.22. The van der Waals surface area contributed by atoms with E-state index in [-0.39, 0.29) is 54.3 Å². The van der Waals surface area contributed by atoms with Gasteiger partial charge >= 0.3 is 12.1 Å². The first-order chi connectivity index (χ1) is 18.6. The van der Waals surface area contributed by atoms with Crippen LogP contribution in [0.15, 0.2) is 59.8 Å². The van der Waals surface area contributed by atoms with E-state index in [1.807, 2.05) is 38.1 Å². The summed E-state index contributed by atoms with van der Waals surface area (Å²) >= 11 is 0. The van der Waals surface area contributed by atoms with E-state index in [4.69, 9.17) is 4.74 Å². The molecule has 0 bridgehead atoms. The molecule has 1 amide bonds. The van der Waals surface area contributed by atoms with Crippen LogP contribution in [0.2, 0.25) is 0 Å². The van der Waals surface area contributed by atoms with E-state index in [0.29, 0.717) is 25.1 Å². The molecule has 39 heavy (non-hydrogen) atoms. The molecule has 0 saturated heterocycles. The monoisotopic (exact) mass is 532 g/mol. The minimum atomic E-state index is -1.06. The zero-order valence-electron chi connectivity index (χ0n) is 22.7. The van der Waals surface area contributed by atoms with E-state index in [9.17, 15) is 24.3 Å². The number of allylic oxidation sites excluding steroid dienone is 2. The van der Waals surface area contributed by atoms with Gasteiger partial charge in [-0.3, -0.25) is 9.59 Å². The van der Waals surface area contributed by atoms with Crippen molar-refractivity contribution < 1.29 is 29.0 Å². The normalized spacial score (nSPS) is 16.7. The van der Waals surface area contributed by atoms with E-state index in [0.717, 1.165) is 22.3 Å². The number of ketones is 2. The lowest BCUT2D eigenvalue weighted by Crippen LogP contribution is -2.39. The molecule has 3 N–H and O–H groups in total. The van der Waals surface area contributed by atoms with E-state index in [2.05, 4.69) is 34.9 Å². The summed E-state index contributed by atoms with van der Waals surface area (Å²) in [6.45, 7) is 5.90. The number of carbonyl (C=O) groups excluding carboxylic acids is 3. The molecule has 0 aliphatic heterocycles. The highest BCUT2D eigenvalue weighted by Gasteiger charge is 2.37. The molecular formula is C31H36N2O6. The Labute approximate surface area is 228 Å². The third-order valence-electron chi connectivity index (χ3n) is 7.43. The maximum Gasteiger partial charge on any atom is 0.407 e. The van der Waals surface area contributed by atoms with Crippen LogP contribution in [-0.4, -0.2) is 47.9 Å². The highest BCUT2D eigenvalue weighted by atomic mass is 16.5. The number of hydrogen-bond acceptors (Lipinski definition) is 6. The molecule has 0 aromatic heterocycles. The first-order valence-corrected chi connectivity index (χ1v) is 13.4. The van der Waals surface area contributed by atoms with Crippen molar-refractivity contribution in [3.05, 3.63) is 70.9 Å². The Morgan fingerprint density at radius 3 is 2.10 bits per heavy atom. The van der Waals surface area contributed by atoms with Gasteiger partial charge in [-0.15, -0.1) is 0 Å². The molecule has 1 atom stereocenters. The van der Waals surface area contributed by atoms with Gasteiger partial charge in [0.2, 0.25) is 0 Å². The van der Waals surface area contributed by atoms with Crippen LogP contribution >= 0.6 is 0 Å². The molecule has 2 aromatic rings. The molecule has 1 fully saturated rings. The summed E-state index contributed by atoms with van der Waals surface area (Å²) in [5, 5.41) is 15.3. The summed E-state index contributed by atoms with van der Waals surface area (Å²) in [6, 6.07) is 15.3. The molecule has 1 saturated carbocycles. The number of carbonyl (C=O) groups is 4. The number of fused-ring (bicyclic) bond motifs is 3. The summed E-state index contributed by atoms with van der Waals surface area (Å²) < 4.78 is 5.53. The van der Waals surface area contributed by atoms with Crippen LogP contribution in [0.1, 0.15) is 69.9 Å². The SMILES string of the molecule is CC(N[C@@H](CCCCNC(=O)OCC1c2ccccc2-c2ccccc21)C(=O)O)=C1C(=O)CC(C)(C)CC1=O. The number of rotatable bonds is 10. The maximum atomic E-state index is 12.5. The van der Waals surface area contributed by atoms with Crippen LogP contribution in [0, 0.1) is 5.41 Å².